The summed E-state index contributed by atoms with van der Waals surface area (Å²) >= 11 is 0. The molecule has 1 heterocycles. The summed E-state index contributed by atoms with van der Waals surface area (Å²) in [5, 5.41) is 0. The molecule has 3 rings (SSSR count). The lowest BCUT2D eigenvalue weighted by molar-refractivity contribution is -0.132. The molecular formula is C21H29NO3. The van der Waals surface area contributed by atoms with E-state index in [9.17, 15) is 9.59 Å². The normalized spacial score (nSPS) is 24.9. The van der Waals surface area contributed by atoms with E-state index in [2.05, 4.69) is 38.1 Å². The number of piperidine rings is 1. The minimum Gasteiger partial charge on any atom is -0.445 e. The fourth-order valence-corrected chi connectivity index (χ4v) is 4.34. The number of ether oxygens (including phenoxy) is 1. The van der Waals surface area contributed by atoms with E-state index in [1.165, 1.54) is 10.5 Å². The lowest BCUT2D eigenvalue weighted by Gasteiger charge is -2.42. The first-order chi connectivity index (χ1) is 12.0. The zero-order valence-corrected chi connectivity index (χ0v) is 15.4. The number of nitrogens with zero attached hydrogens (tertiary/aromatic N) is 1. The van der Waals surface area contributed by atoms with Crippen LogP contribution in [0.2, 0.25) is 0 Å². The summed E-state index contributed by atoms with van der Waals surface area (Å²) in [5.41, 5.74) is 1.20. The highest BCUT2D eigenvalue weighted by Crippen LogP contribution is 2.42. The second kappa shape index (κ2) is 7.59. The summed E-state index contributed by atoms with van der Waals surface area (Å²) in [5.74, 6) is 0.179. The Balaban J connectivity index is 1.74. The molecule has 0 aromatic heterocycles. The van der Waals surface area contributed by atoms with Crippen molar-refractivity contribution in [3.05, 3.63) is 35.9 Å². The number of hydrogen-bond donors (Lipinski definition) is 0. The van der Waals surface area contributed by atoms with Crippen molar-refractivity contribution in [3.63, 3.8) is 0 Å². The Morgan fingerprint density at radius 3 is 2.52 bits per heavy atom. The van der Waals surface area contributed by atoms with Gasteiger partial charge in [0.15, 0.2) is 0 Å². The van der Waals surface area contributed by atoms with Crippen LogP contribution in [-0.2, 0) is 14.9 Å². The fourth-order valence-electron chi connectivity index (χ4n) is 4.34. The molecule has 0 spiro atoms. The highest BCUT2D eigenvalue weighted by molar-refractivity contribution is 5.92. The predicted molar refractivity (Wildman–Crippen MR) is 97.3 cm³/mol. The standard InChI is InChI=1S/C21H29NO3/c1-21(2,16-10-4-3-5-11-16)17-12-6-7-13-18(17)25-20(24)22-15-9-8-14-19(22)23/h3-5,10-11,17-18H,6-9,12-15H2,1-2H3/t17-,18-/m1/s1. The van der Waals surface area contributed by atoms with Gasteiger partial charge in [-0.05, 0) is 43.1 Å². The van der Waals surface area contributed by atoms with Gasteiger partial charge in [0, 0.05) is 18.9 Å². The minimum atomic E-state index is -0.439. The van der Waals surface area contributed by atoms with E-state index < -0.39 is 6.09 Å². The third kappa shape index (κ3) is 3.88. The van der Waals surface area contributed by atoms with E-state index in [1.54, 1.807) is 0 Å². The highest BCUT2D eigenvalue weighted by Gasteiger charge is 2.41. The van der Waals surface area contributed by atoms with Crippen LogP contribution in [0.25, 0.3) is 0 Å². The van der Waals surface area contributed by atoms with Gasteiger partial charge in [0.25, 0.3) is 0 Å². The summed E-state index contributed by atoms with van der Waals surface area (Å²) in [6.45, 7) is 4.98. The molecule has 0 unspecified atom stereocenters. The quantitative estimate of drug-likeness (QED) is 0.801. The Hall–Kier alpha value is -1.84. The fraction of sp³-hybridized carbons (Fsp3) is 0.619. The molecule has 1 saturated carbocycles. The van der Waals surface area contributed by atoms with E-state index in [-0.39, 0.29) is 23.3 Å². The molecule has 4 nitrogen and oxygen atoms in total. The van der Waals surface area contributed by atoms with Crippen LogP contribution in [0.5, 0.6) is 0 Å². The van der Waals surface area contributed by atoms with Gasteiger partial charge in [0.05, 0.1) is 0 Å². The third-order valence-corrected chi connectivity index (χ3v) is 5.94. The van der Waals surface area contributed by atoms with Crippen LogP contribution >= 0.6 is 0 Å². The van der Waals surface area contributed by atoms with Crippen molar-refractivity contribution in [2.75, 3.05) is 6.54 Å². The molecule has 1 saturated heterocycles. The molecule has 1 aliphatic heterocycles. The van der Waals surface area contributed by atoms with E-state index >= 15 is 0 Å². The molecule has 2 atom stereocenters. The number of carbonyl (C=O) groups is 2. The molecule has 136 valence electrons. The Labute approximate surface area is 150 Å². The van der Waals surface area contributed by atoms with Crippen molar-refractivity contribution < 1.29 is 14.3 Å². The Kier molecular flexibility index (Phi) is 5.45. The van der Waals surface area contributed by atoms with Crippen LogP contribution in [0, 0.1) is 5.92 Å². The van der Waals surface area contributed by atoms with Crippen molar-refractivity contribution in [1.29, 1.82) is 0 Å². The first-order valence-corrected chi connectivity index (χ1v) is 9.56. The Morgan fingerprint density at radius 2 is 1.80 bits per heavy atom. The van der Waals surface area contributed by atoms with Gasteiger partial charge >= 0.3 is 6.09 Å². The average Bonchev–Trinajstić information content (AvgIpc) is 2.63. The molecule has 1 aromatic rings. The average molecular weight is 343 g/mol. The predicted octanol–water partition coefficient (Wildman–Crippen LogP) is 4.67. The SMILES string of the molecule is CC(C)(c1ccccc1)[C@@H]1CCCC[C@H]1OC(=O)N1CCCCC1=O. The number of likely N-dealkylation sites (tertiary alicyclic amines) is 1. The maximum absolute atomic E-state index is 12.6. The van der Waals surface area contributed by atoms with Gasteiger partial charge in [-0.3, -0.25) is 4.79 Å². The first kappa shape index (κ1) is 18.0. The summed E-state index contributed by atoms with van der Waals surface area (Å²) in [7, 11) is 0. The zero-order valence-electron chi connectivity index (χ0n) is 15.4. The van der Waals surface area contributed by atoms with Gasteiger partial charge in [0.1, 0.15) is 6.10 Å². The number of hydrogen-bond acceptors (Lipinski definition) is 3. The molecule has 1 aromatic carbocycles. The number of carbonyl (C=O) groups excluding carboxylic acids is 2. The molecule has 2 fully saturated rings. The van der Waals surface area contributed by atoms with Gasteiger partial charge < -0.3 is 4.74 Å². The maximum atomic E-state index is 12.6. The molecule has 2 aliphatic rings. The van der Waals surface area contributed by atoms with Crippen molar-refractivity contribution in [1.82, 2.24) is 4.90 Å². The van der Waals surface area contributed by atoms with E-state index in [0.717, 1.165) is 38.5 Å². The smallest absolute Gasteiger partial charge is 0.416 e. The summed E-state index contributed by atoms with van der Waals surface area (Å²) in [6.07, 6.45) is 5.82. The summed E-state index contributed by atoms with van der Waals surface area (Å²) in [4.78, 5) is 25.9. The van der Waals surface area contributed by atoms with Crippen LogP contribution in [0.4, 0.5) is 4.79 Å². The topological polar surface area (TPSA) is 46.6 Å². The molecule has 1 aliphatic carbocycles. The first-order valence-electron chi connectivity index (χ1n) is 9.56. The van der Waals surface area contributed by atoms with Crippen LogP contribution in [0.3, 0.4) is 0 Å². The Morgan fingerprint density at radius 1 is 1.08 bits per heavy atom. The monoisotopic (exact) mass is 343 g/mol. The van der Waals surface area contributed by atoms with Gasteiger partial charge in [-0.25, -0.2) is 9.69 Å². The van der Waals surface area contributed by atoms with Crippen LogP contribution in [-0.4, -0.2) is 29.5 Å². The molecule has 0 N–H and O–H groups in total. The second-order valence-electron chi connectivity index (χ2n) is 7.90. The van der Waals surface area contributed by atoms with Crippen molar-refractivity contribution in [2.24, 2.45) is 5.92 Å². The lowest BCUT2D eigenvalue weighted by Crippen LogP contribution is -2.46. The van der Waals surface area contributed by atoms with Crippen molar-refractivity contribution in [2.45, 2.75) is 70.3 Å². The zero-order chi connectivity index (χ0) is 17.9. The van der Waals surface area contributed by atoms with Crippen molar-refractivity contribution in [3.8, 4) is 0 Å². The van der Waals surface area contributed by atoms with Crippen LogP contribution < -0.4 is 0 Å². The van der Waals surface area contributed by atoms with Crippen LogP contribution in [0.15, 0.2) is 30.3 Å². The second-order valence-corrected chi connectivity index (χ2v) is 7.90. The van der Waals surface area contributed by atoms with Gasteiger partial charge in [-0.15, -0.1) is 0 Å². The highest BCUT2D eigenvalue weighted by atomic mass is 16.6. The molecule has 2 amide bonds. The number of rotatable bonds is 3. The van der Waals surface area contributed by atoms with E-state index in [1.807, 2.05) is 6.07 Å². The summed E-state index contributed by atoms with van der Waals surface area (Å²) in [6, 6.07) is 10.5. The Bertz CT molecular complexity index is 611. The third-order valence-electron chi connectivity index (χ3n) is 5.94. The summed E-state index contributed by atoms with van der Waals surface area (Å²) < 4.78 is 5.89. The lowest BCUT2D eigenvalue weighted by atomic mass is 9.66. The number of benzene rings is 1. The molecule has 25 heavy (non-hydrogen) atoms. The van der Waals surface area contributed by atoms with E-state index in [4.69, 9.17) is 4.74 Å². The van der Waals surface area contributed by atoms with Gasteiger partial charge in [-0.2, -0.15) is 0 Å². The molecule has 0 bridgehead atoms. The number of amides is 2. The maximum Gasteiger partial charge on any atom is 0.416 e. The largest absolute Gasteiger partial charge is 0.445 e. The molecular weight excluding hydrogens is 314 g/mol. The van der Waals surface area contributed by atoms with E-state index in [0.29, 0.717) is 13.0 Å². The van der Waals surface area contributed by atoms with Crippen LogP contribution in [0.1, 0.15) is 64.4 Å². The minimum absolute atomic E-state index is 0.0709. The van der Waals surface area contributed by atoms with Crippen molar-refractivity contribution >= 4 is 12.0 Å². The molecule has 0 radical (unpaired) electrons. The van der Waals surface area contributed by atoms with Gasteiger partial charge in [-0.1, -0.05) is 50.6 Å². The number of imide groups is 1. The van der Waals surface area contributed by atoms with Gasteiger partial charge in [0.2, 0.25) is 5.91 Å². The molecule has 4 heteroatoms.